The lowest BCUT2D eigenvalue weighted by molar-refractivity contribution is -0.136. The van der Waals surface area contributed by atoms with E-state index in [1.807, 2.05) is 0 Å². The number of carbonyl (C=O) groups excluding carboxylic acids is 1. The standard InChI is InChI=1S/C13H11N3O4/c17-11-6-5-10(15-16-11)13(20)14-9-3-1-8(2-4-9)7-12(18)19/h1-6H,7H2,(H,14,20)(H,16,17)(H,18,19). The zero-order valence-electron chi connectivity index (χ0n) is 10.3. The highest BCUT2D eigenvalue weighted by Crippen LogP contribution is 2.11. The Morgan fingerprint density at radius 1 is 1.15 bits per heavy atom. The van der Waals surface area contributed by atoms with Crippen LogP contribution in [-0.2, 0) is 11.2 Å². The first-order chi connectivity index (χ1) is 9.54. The van der Waals surface area contributed by atoms with E-state index in [4.69, 9.17) is 5.11 Å². The topological polar surface area (TPSA) is 112 Å². The number of carboxylic acid groups (broad SMARTS) is 1. The van der Waals surface area contributed by atoms with Crippen LogP contribution < -0.4 is 10.9 Å². The number of nitrogens with one attached hydrogen (secondary N) is 2. The zero-order valence-corrected chi connectivity index (χ0v) is 10.3. The molecule has 20 heavy (non-hydrogen) atoms. The zero-order chi connectivity index (χ0) is 14.5. The first-order valence-corrected chi connectivity index (χ1v) is 5.72. The first-order valence-electron chi connectivity index (χ1n) is 5.72. The largest absolute Gasteiger partial charge is 0.481 e. The van der Waals surface area contributed by atoms with Crippen molar-refractivity contribution in [3.05, 3.63) is 58.0 Å². The summed E-state index contributed by atoms with van der Waals surface area (Å²) in [6.07, 6.45) is -0.0737. The van der Waals surface area contributed by atoms with Crippen LogP contribution in [0.5, 0.6) is 0 Å². The van der Waals surface area contributed by atoms with E-state index in [2.05, 4.69) is 15.5 Å². The van der Waals surface area contributed by atoms with Gasteiger partial charge in [0.1, 0.15) is 5.69 Å². The van der Waals surface area contributed by atoms with Gasteiger partial charge in [0.05, 0.1) is 6.42 Å². The molecule has 0 atom stereocenters. The number of aromatic amines is 1. The molecule has 7 nitrogen and oxygen atoms in total. The predicted octanol–water partition coefficient (Wildman–Crippen LogP) is 0.649. The van der Waals surface area contributed by atoms with Crippen LogP contribution in [0.15, 0.2) is 41.2 Å². The van der Waals surface area contributed by atoms with Gasteiger partial charge in [-0.15, -0.1) is 0 Å². The van der Waals surface area contributed by atoms with Crippen LogP contribution >= 0.6 is 0 Å². The highest BCUT2D eigenvalue weighted by molar-refractivity contribution is 6.02. The smallest absolute Gasteiger partial charge is 0.307 e. The summed E-state index contributed by atoms with van der Waals surface area (Å²) >= 11 is 0. The second-order valence-corrected chi connectivity index (χ2v) is 4.03. The third kappa shape index (κ3) is 3.52. The molecule has 0 aliphatic carbocycles. The van der Waals surface area contributed by atoms with E-state index in [0.717, 1.165) is 0 Å². The minimum absolute atomic E-state index is 0.0737. The maximum Gasteiger partial charge on any atom is 0.307 e. The molecule has 7 heteroatoms. The maximum absolute atomic E-state index is 11.8. The molecule has 1 aromatic carbocycles. The molecular formula is C13H11N3O4. The van der Waals surface area contributed by atoms with Gasteiger partial charge in [0.25, 0.3) is 11.5 Å². The van der Waals surface area contributed by atoms with Crippen molar-refractivity contribution < 1.29 is 14.7 Å². The highest BCUT2D eigenvalue weighted by atomic mass is 16.4. The monoisotopic (exact) mass is 273 g/mol. The summed E-state index contributed by atoms with van der Waals surface area (Å²) in [6, 6.07) is 8.95. The molecule has 102 valence electrons. The van der Waals surface area contributed by atoms with Crippen molar-refractivity contribution >= 4 is 17.6 Å². The van der Waals surface area contributed by atoms with Gasteiger partial charge in [-0.25, -0.2) is 5.10 Å². The molecule has 1 heterocycles. The van der Waals surface area contributed by atoms with Gasteiger partial charge in [0.15, 0.2) is 0 Å². The predicted molar refractivity (Wildman–Crippen MR) is 70.6 cm³/mol. The van der Waals surface area contributed by atoms with Crippen LogP contribution in [0, 0.1) is 0 Å². The molecule has 0 saturated heterocycles. The molecule has 2 aromatic rings. The Hall–Kier alpha value is -2.96. The van der Waals surface area contributed by atoms with E-state index in [0.29, 0.717) is 11.3 Å². The number of aromatic nitrogens is 2. The number of hydrogen-bond acceptors (Lipinski definition) is 4. The van der Waals surface area contributed by atoms with Crippen LogP contribution in [0.2, 0.25) is 0 Å². The van der Waals surface area contributed by atoms with Crippen LogP contribution in [-0.4, -0.2) is 27.2 Å². The third-order valence-corrected chi connectivity index (χ3v) is 2.48. The van der Waals surface area contributed by atoms with E-state index in [9.17, 15) is 14.4 Å². The summed E-state index contributed by atoms with van der Waals surface area (Å²) < 4.78 is 0. The van der Waals surface area contributed by atoms with Crippen molar-refractivity contribution in [2.75, 3.05) is 5.32 Å². The van der Waals surface area contributed by atoms with Crippen LogP contribution in [0.1, 0.15) is 16.1 Å². The van der Waals surface area contributed by atoms with Gasteiger partial charge < -0.3 is 10.4 Å². The lowest BCUT2D eigenvalue weighted by Crippen LogP contribution is -2.17. The van der Waals surface area contributed by atoms with Crippen LogP contribution in [0.3, 0.4) is 0 Å². The molecule has 0 fully saturated rings. The van der Waals surface area contributed by atoms with Crippen LogP contribution in [0.4, 0.5) is 5.69 Å². The lowest BCUT2D eigenvalue weighted by atomic mass is 10.1. The second kappa shape index (κ2) is 5.79. The normalized spacial score (nSPS) is 10.0. The Balaban J connectivity index is 2.06. The number of nitrogens with zero attached hydrogens (tertiary/aromatic N) is 1. The fourth-order valence-corrected chi connectivity index (χ4v) is 1.55. The molecule has 0 bridgehead atoms. The minimum atomic E-state index is -0.917. The fraction of sp³-hybridized carbons (Fsp3) is 0.0769. The molecular weight excluding hydrogens is 262 g/mol. The first kappa shape index (κ1) is 13.5. The van der Waals surface area contributed by atoms with E-state index in [1.165, 1.54) is 12.1 Å². The molecule has 0 aliphatic heterocycles. The van der Waals surface area contributed by atoms with E-state index < -0.39 is 11.9 Å². The van der Waals surface area contributed by atoms with Crippen LogP contribution in [0.25, 0.3) is 0 Å². The molecule has 0 aliphatic rings. The van der Waals surface area contributed by atoms with Crippen molar-refractivity contribution in [3.8, 4) is 0 Å². The molecule has 0 spiro atoms. The van der Waals surface area contributed by atoms with Crippen molar-refractivity contribution in [3.63, 3.8) is 0 Å². The Bertz CT molecular complexity index is 671. The summed E-state index contributed by atoms with van der Waals surface area (Å²) in [6.45, 7) is 0. The average Bonchev–Trinajstić information content (AvgIpc) is 2.41. The Labute approximate surface area is 113 Å². The summed E-state index contributed by atoms with van der Waals surface area (Å²) in [4.78, 5) is 33.2. The molecule has 1 amide bonds. The Morgan fingerprint density at radius 2 is 1.85 bits per heavy atom. The van der Waals surface area contributed by atoms with Crippen molar-refractivity contribution in [2.45, 2.75) is 6.42 Å². The third-order valence-electron chi connectivity index (χ3n) is 2.48. The fourth-order valence-electron chi connectivity index (χ4n) is 1.55. The summed E-state index contributed by atoms with van der Waals surface area (Å²) in [5.74, 6) is -1.38. The SMILES string of the molecule is O=C(O)Cc1ccc(NC(=O)c2ccc(=O)[nH]n2)cc1. The molecule has 3 N–H and O–H groups in total. The molecule has 2 rings (SSSR count). The van der Waals surface area contributed by atoms with Gasteiger partial charge in [0, 0.05) is 11.8 Å². The number of carbonyl (C=O) groups is 2. The van der Waals surface area contributed by atoms with Crippen molar-refractivity contribution in [1.29, 1.82) is 0 Å². The molecule has 0 radical (unpaired) electrons. The van der Waals surface area contributed by atoms with Crippen molar-refractivity contribution in [2.24, 2.45) is 0 Å². The summed E-state index contributed by atoms with van der Waals surface area (Å²) in [5.41, 5.74) is 0.841. The molecule has 0 unspecified atom stereocenters. The average molecular weight is 273 g/mol. The summed E-state index contributed by atoms with van der Waals surface area (Å²) in [7, 11) is 0. The van der Waals surface area contributed by atoms with Gasteiger partial charge in [-0.2, -0.15) is 5.10 Å². The number of hydrogen-bond donors (Lipinski definition) is 3. The number of H-pyrrole nitrogens is 1. The highest BCUT2D eigenvalue weighted by Gasteiger charge is 2.08. The second-order valence-electron chi connectivity index (χ2n) is 4.03. The Morgan fingerprint density at radius 3 is 2.40 bits per heavy atom. The van der Waals surface area contributed by atoms with E-state index >= 15 is 0 Å². The van der Waals surface area contributed by atoms with Gasteiger partial charge in [-0.3, -0.25) is 14.4 Å². The maximum atomic E-state index is 11.8. The summed E-state index contributed by atoms with van der Waals surface area (Å²) in [5, 5.41) is 17.0. The van der Waals surface area contributed by atoms with E-state index in [1.54, 1.807) is 24.3 Å². The van der Waals surface area contributed by atoms with Gasteiger partial charge >= 0.3 is 5.97 Å². The Kier molecular flexibility index (Phi) is 3.90. The number of aliphatic carboxylic acids is 1. The number of benzene rings is 1. The number of amides is 1. The lowest BCUT2D eigenvalue weighted by Gasteiger charge is -2.05. The molecule has 0 saturated carbocycles. The minimum Gasteiger partial charge on any atom is -0.481 e. The molecule has 1 aromatic heterocycles. The number of anilines is 1. The van der Waals surface area contributed by atoms with Gasteiger partial charge in [-0.1, -0.05) is 12.1 Å². The van der Waals surface area contributed by atoms with E-state index in [-0.39, 0.29) is 17.7 Å². The van der Waals surface area contributed by atoms with Crippen molar-refractivity contribution in [1.82, 2.24) is 10.2 Å². The van der Waals surface area contributed by atoms with Gasteiger partial charge in [-0.05, 0) is 23.8 Å². The number of rotatable bonds is 4. The number of carboxylic acids is 1. The quantitative estimate of drug-likeness (QED) is 0.757. The van der Waals surface area contributed by atoms with Gasteiger partial charge in [0.2, 0.25) is 0 Å².